The highest BCUT2D eigenvalue weighted by Crippen LogP contribution is 2.20. The maximum absolute atomic E-state index is 13.1. The number of carbonyl (C=O) groups is 2. The van der Waals surface area contributed by atoms with Crippen molar-refractivity contribution in [3.05, 3.63) is 59.4 Å². The van der Waals surface area contributed by atoms with Crippen molar-refractivity contribution < 1.29 is 24.2 Å². The summed E-state index contributed by atoms with van der Waals surface area (Å²) < 4.78 is 13.1. The molecule has 1 amide bonds. The molecule has 6 heteroatoms. The average molecular weight is 275 g/mol. The van der Waals surface area contributed by atoms with Crippen LogP contribution in [0.2, 0.25) is 0 Å². The van der Waals surface area contributed by atoms with Gasteiger partial charge in [-0.05, 0) is 24.3 Å². The molecular weight excluding hydrogens is 265 g/mol. The van der Waals surface area contributed by atoms with Gasteiger partial charge in [-0.15, -0.1) is 0 Å². The number of hydrogen-bond acceptors (Lipinski definition) is 3. The van der Waals surface area contributed by atoms with Crippen molar-refractivity contribution >= 4 is 17.6 Å². The molecule has 5 nitrogen and oxygen atoms in total. The van der Waals surface area contributed by atoms with Crippen molar-refractivity contribution in [3.8, 4) is 5.75 Å². The van der Waals surface area contributed by atoms with Crippen LogP contribution in [-0.4, -0.2) is 22.1 Å². The van der Waals surface area contributed by atoms with E-state index in [0.717, 1.165) is 12.1 Å². The second-order valence-electron chi connectivity index (χ2n) is 3.97. The van der Waals surface area contributed by atoms with E-state index in [9.17, 15) is 14.0 Å². The first-order valence-electron chi connectivity index (χ1n) is 5.61. The van der Waals surface area contributed by atoms with Crippen molar-refractivity contribution in [2.24, 2.45) is 0 Å². The number of carboxylic acid groups (broad SMARTS) is 1. The van der Waals surface area contributed by atoms with Crippen molar-refractivity contribution in [2.75, 3.05) is 5.32 Å². The molecular formula is C14H10FNO4. The van der Waals surface area contributed by atoms with Crippen LogP contribution in [0.25, 0.3) is 0 Å². The minimum atomic E-state index is -1.23. The van der Waals surface area contributed by atoms with E-state index in [4.69, 9.17) is 10.2 Å². The monoisotopic (exact) mass is 275 g/mol. The molecule has 0 saturated carbocycles. The van der Waals surface area contributed by atoms with Gasteiger partial charge in [0.05, 0.1) is 11.1 Å². The molecule has 3 N–H and O–H groups in total. The zero-order valence-electron chi connectivity index (χ0n) is 10.1. The molecule has 0 aromatic heterocycles. The van der Waals surface area contributed by atoms with Crippen molar-refractivity contribution in [2.45, 2.75) is 0 Å². The summed E-state index contributed by atoms with van der Waals surface area (Å²) in [6, 6.07) is 9.02. The average Bonchev–Trinajstić information content (AvgIpc) is 2.43. The van der Waals surface area contributed by atoms with Crippen LogP contribution in [0.4, 0.5) is 10.1 Å². The number of phenolic OH excluding ortho intramolecular Hbond substituents is 1. The number of aromatic hydroxyl groups is 1. The molecule has 0 bridgehead atoms. The second kappa shape index (κ2) is 5.40. The van der Waals surface area contributed by atoms with E-state index >= 15 is 0 Å². The molecule has 102 valence electrons. The zero-order chi connectivity index (χ0) is 14.7. The third kappa shape index (κ3) is 2.74. The summed E-state index contributed by atoms with van der Waals surface area (Å²) >= 11 is 0. The Morgan fingerprint density at radius 3 is 2.30 bits per heavy atom. The summed E-state index contributed by atoms with van der Waals surface area (Å²) in [5.41, 5.74) is -0.0665. The maximum atomic E-state index is 13.1. The Hall–Kier alpha value is -2.89. The lowest BCUT2D eigenvalue weighted by molar-refractivity contribution is 0.0692. The molecule has 0 heterocycles. The lowest BCUT2D eigenvalue weighted by Crippen LogP contribution is -2.16. The molecule has 0 aliphatic rings. The van der Waals surface area contributed by atoms with E-state index in [-0.39, 0.29) is 16.8 Å². The highest BCUT2D eigenvalue weighted by molar-refractivity contribution is 6.10. The first kappa shape index (κ1) is 13.5. The Bertz CT molecular complexity index is 685. The van der Waals surface area contributed by atoms with E-state index < -0.39 is 23.4 Å². The Morgan fingerprint density at radius 2 is 1.70 bits per heavy atom. The summed E-state index contributed by atoms with van der Waals surface area (Å²) in [4.78, 5) is 23.0. The predicted octanol–water partition coefficient (Wildman–Crippen LogP) is 2.48. The van der Waals surface area contributed by atoms with Gasteiger partial charge in [0.25, 0.3) is 5.91 Å². The van der Waals surface area contributed by atoms with Crippen LogP contribution in [0, 0.1) is 5.82 Å². The second-order valence-corrected chi connectivity index (χ2v) is 3.97. The lowest BCUT2D eigenvalue weighted by Gasteiger charge is -2.08. The Kier molecular flexibility index (Phi) is 3.65. The topological polar surface area (TPSA) is 86.6 Å². The van der Waals surface area contributed by atoms with Crippen LogP contribution in [-0.2, 0) is 0 Å². The van der Waals surface area contributed by atoms with Gasteiger partial charge in [-0.3, -0.25) is 4.79 Å². The van der Waals surface area contributed by atoms with Crippen LogP contribution in [0.5, 0.6) is 5.75 Å². The molecule has 20 heavy (non-hydrogen) atoms. The molecule has 0 saturated heterocycles. The van der Waals surface area contributed by atoms with Crippen LogP contribution >= 0.6 is 0 Å². The summed E-state index contributed by atoms with van der Waals surface area (Å²) in [6.07, 6.45) is 0. The number of rotatable bonds is 3. The maximum Gasteiger partial charge on any atom is 0.336 e. The SMILES string of the molecule is O=C(O)c1ccccc1C(=O)Nc1ccc(O)c(F)c1. The number of anilines is 1. The first-order chi connectivity index (χ1) is 9.49. The lowest BCUT2D eigenvalue weighted by atomic mass is 10.1. The Labute approximate surface area is 113 Å². The quantitative estimate of drug-likeness (QED) is 0.751. The van der Waals surface area contributed by atoms with Gasteiger partial charge >= 0.3 is 5.97 Å². The van der Waals surface area contributed by atoms with Gasteiger partial charge in [-0.2, -0.15) is 0 Å². The van der Waals surface area contributed by atoms with Crippen LogP contribution in [0.3, 0.4) is 0 Å². The molecule has 0 spiro atoms. The van der Waals surface area contributed by atoms with Gasteiger partial charge in [0.15, 0.2) is 11.6 Å². The fourth-order valence-corrected chi connectivity index (χ4v) is 1.65. The van der Waals surface area contributed by atoms with Gasteiger partial charge in [-0.1, -0.05) is 12.1 Å². The van der Waals surface area contributed by atoms with Crippen LogP contribution < -0.4 is 5.32 Å². The number of benzene rings is 2. The third-order valence-electron chi connectivity index (χ3n) is 2.61. The van der Waals surface area contributed by atoms with Crippen molar-refractivity contribution in [1.82, 2.24) is 0 Å². The summed E-state index contributed by atoms with van der Waals surface area (Å²) in [6.45, 7) is 0. The molecule has 2 aromatic carbocycles. The van der Waals surface area contributed by atoms with Crippen LogP contribution in [0.15, 0.2) is 42.5 Å². The normalized spacial score (nSPS) is 10.1. The van der Waals surface area contributed by atoms with E-state index in [0.29, 0.717) is 0 Å². The van der Waals surface area contributed by atoms with E-state index in [1.807, 2.05) is 0 Å². The minimum Gasteiger partial charge on any atom is -0.505 e. The first-order valence-corrected chi connectivity index (χ1v) is 5.61. The van der Waals surface area contributed by atoms with Crippen molar-refractivity contribution in [3.63, 3.8) is 0 Å². The molecule has 2 aromatic rings. The number of halogens is 1. The van der Waals surface area contributed by atoms with Gasteiger partial charge in [-0.25, -0.2) is 9.18 Å². The number of nitrogens with one attached hydrogen (secondary N) is 1. The van der Waals surface area contributed by atoms with E-state index in [1.165, 1.54) is 30.3 Å². The molecule has 0 fully saturated rings. The molecule has 0 unspecified atom stereocenters. The van der Waals surface area contributed by atoms with Crippen molar-refractivity contribution in [1.29, 1.82) is 0 Å². The predicted molar refractivity (Wildman–Crippen MR) is 69.4 cm³/mol. The summed E-state index contributed by atoms with van der Waals surface area (Å²) in [5.74, 6) is -3.32. The number of aromatic carboxylic acids is 1. The van der Waals surface area contributed by atoms with Crippen LogP contribution in [0.1, 0.15) is 20.7 Å². The molecule has 0 aliphatic carbocycles. The standard InChI is InChI=1S/C14H10FNO4/c15-11-7-8(5-6-12(11)17)16-13(18)9-3-1-2-4-10(9)14(19)20/h1-7,17H,(H,16,18)(H,19,20). The van der Waals surface area contributed by atoms with Gasteiger partial charge < -0.3 is 15.5 Å². The minimum absolute atomic E-state index is 0.0338. The molecule has 2 rings (SSSR count). The Balaban J connectivity index is 2.28. The molecule has 0 radical (unpaired) electrons. The summed E-state index contributed by atoms with van der Waals surface area (Å²) in [5, 5.41) is 20.4. The number of carbonyl (C=O) groups excluding carboxylic acids is 1. The largest absolute Gasteiger partial charge is 0.505 e. The van der Waals surface area contributed by atoms with Gasteiger partial charge in [0.2, 0.25) is 0 Å². The van der Waals surface area contributed by atoms with Gasteiger partial charge in [0, 0.05) is 11.8 Å². The van der Waals surface area contributed by atoms with E-state index in [1.54, 1.807) is 0 Å². The fraction of sp³-hybridized carbons (Fsp3) is 0. The summed E-state index contributed by atoms with van der Waals surface area (Å²) in [7, 11) is 0. The van der Waals surface area contributed by atoms with E-state index in [2.05, 4.69) is 5.32 Å². The highest BCUT2D eigenvalue weighted by Gasteiger charge is 2.16. The number of carboxylic acids is 1. The highest BCUT2D eigenvalue weighted by atomic mass is 19.1. The number of hydrogen-bond donors (Lipinski definition) is 3. The fourth-order valence-electron chi connectivity index (χ4n) is 1.65. The number of phenols is 1. The smallest absolute Gasteiger partial charge is 0.336 e. The third-order valence-corrected chi connectivity index (χ3v) is 2.61. The Morgan fingerprint density at radius 1 is 1.05 bits per heavy atom. The zero-order valence-corrected chi connectivity index (χ0v) is 10.1. The molecule has 0 atom stereocenters. The van der Waals surface area contributed by atoms with Gasteiger partial charge in [0.1, 0.15) is 0 Å². The molecule has 0 aliphatic heterocycles. The number of amides is 1.